The Bertz CT molecular complexity index is 1540. The van der Waals surface area contributed by atoms with E-state index in [-0.39, 0.29) is 17.5 Å². The molecule has 0 bridgehead atoms. The topological polar surface area (TPSA) is 142 Å². The fourth-order valence-electron chi connectivity index (χ4n) is 4.35. The Morgan fingerprint density at radius 2 is 1.92 bits per heavy atom. The van der Waals surface area contributed by atoms with Crippen LogP contribution < -0.4 is 14.8 Å². The molecule has 3 aromatic heterocycles. The van der Waals surface area contributed by atoms with Gasteiger partial charge in [0.1, 0.15) is 16.4 Å². The lowest BCUT2D eigenvalue weighted by Crippen LogP contribution is -2.29. The van der Waals surface area contributed by atoms with Crippen molar-refractivity contribution in [2.24, 2.45) is 0 Å². The van der Waals surface area contributed by atoms with Gasteiger partial charge in [0.25, 0.3) is 5.91 Å². The molecule has 13 heteroatoms. The molecule has 37 heavy (non-hydrogen) atoms. The summed E-state index contributed by atoms with van der Waals surface area (Å²) in [4.78, 5) is 24.3. The van der Waals surface area contributed by atoms with Crippen LogP contribution in [-0.4, -0.2) is 65.8 Å². The van der Waals surface area contributed by atoms with E-state index in [0.717, 1.165) is 36.3 Å². The van der Waals surface area contributed by atoms with Crippen molar-refractivity contribution in [2.75, 3.05) is 36.5 Å². The van der Waals surface area contributed by atoms with Gasteiger partial charge in [0.2, 0.25) is 15.9 Å². The molecule has 1 saturated heterocycles. The van der Waals surface area contributed by atoms with Crippen LogP contribution in [0.3, 0.4) is 0 Å². The first kappa shape index (κ1) is 25.1. The Kier molecular flexibility index (Phi) is 7.09. The van der Waals surface area contributed by atoms with Crippen LogP contribution in [0.4, 0.5) is 11.4 Å². The number of sulfonamides is 1. The second kappa shape index (κ2) is 10.4. The van der Waals surface area contributed by atoms with E-state index < -0.39 is 10.0 Å². The summed E-state index contributed by atoms with van der Waals surface area (Å²) in [7, 11) is -2.14. The van der Waals surface area contributed by atoms with Gasteiger partial charge in [-0.1, -0.05) is 6.42 Å². The molecular formula is C24H27N7O4S2. The van der Waals surface area contributed by atoms with Gasteiger partial charge < -0.3 is 10.1 Å². The fourth-order valence-corrected chi connectivity index (χ4v) is 5.71. The Labute approximate surface area is 218 Å². The molecule has 0 aliphatic carbocycles. The number of fused-ring (bicyclic) bond motifs is 1. The number of piperidine rings is 1. The lowest BCUT2D eigenvalue weighted by molar-refractivity contribution is 0.102. The van der Waals surface area contributed by atoms with Crippen LogP contribution in [-0.2, 0) is 16.6 Å². The van der Waals surface area contributed by atoms with Crippen molar-refractivity contribution in [3.63, 3.8) is 0 Å². The molecule has 194 valence electrons. The Balaban J connectivity index is 1.42. The van der Waals surface area contributed by atoms with E-state index >= 15 is 0 Å². The molecule has 0 unspecified atom stereocenters. The van der Waals surface area contributed by atoms with Gasteiger partial charge in [0, 0.05) is 22.5 Å². The zero-order valence-corrected chi connectivity index (χ0v) is 22.1. The highest BCUT2D eigenvalue weighted by molar-refractivity contribution is 7.92. The first-order valence-electron chi connectivity index (χ1n) is 11.8. The molecule has 4 heterocycles. The van der Waals surface area contributed by atoms with E-state index in [4.69, 9.17) is 4.74 Å². The number of nitrogens with one attached hydrogen (secondary N) is 3. The number of likely N-dealkylation sites (tertiary alicyclic amines) is 1. The number of methoxy groups -OCH3 is 1. The molecule has 0 saturated carbocycles. The number of carbonyl (C=O) groups excluding carboxylic acids is 1. The van der Waals surface area contributed by atoms with E-state index in [9.17, 15) is 13.2 Å². The van der Waals surface area contributed by atoms with Crippen LogP contribution in [0.1, 0.15) is 34.8 Å². The van der Waals surface area contributed by atoms with Crippen molar-refractivity contribution in [3.05, 3.63) is 46.7 Å². The summed E-state index contributed by atoms with van der Waals surface area (Å²) < 4.78 is 31.3. The number of hydrogen-bond acceptors (Lipinski definition) is 9. The van der Waals surface area contributed by atoms with Crippen LogP contribution in [0.15, 0.2) is 36.0 Å². The monoisotopic (exact) mass is 541 g/mol. The number of H-pyrrole nitrogens is 1. The first-order valence-corrected chi connectivity index (χ1v) is 14.5. The summed E-state index contributed by atoms with van der Waals surface area (Å²) >= 11 is 1.49. The smallest absolute Gasteiger partial charge is 0.275 e. The van der Waals surface area contributed by atoms with E-state index in [1.165, 1.54) is 37.7 Å². The minimum atomic E-state index is -3.55. The normalized spacial score (nSPS) is 14.5. The van der Waals surface area contributed by atoms with Gasteiger partial charge in [-0.3, -0.25) is 19.5 Å². The number of aromatic nitrogens is 4. The third-order valence-corrected chi connectivity index (χ3v) is 7.50. The summed E-state index contributed by atoms with van der Waals surface area (Å²) in [6.45, 7) is 2.88. The number of carbonyl (C=O) groups is 1. The number of pyridine rings is 1. The minimum absolute atomic E-state index is 0.147. The SMILES string of the molecule is COc1ncc(-c2cc(NC(=O)c3csc(CN4CCCCC4)n3)c3cn[nH]c3c2)cc1NS(C)(=O)=O. The molecule has 0 radical (unpaired) electrons. The van der Waals surface area contributed by atoms with Gasteiger partial charge in [-0.25, -0.2) is 18.4 Å². The molecule has 4 aromatic rings. The minimum Gasteiger partial charge on any atom is -0.480 e. The number of anilines is 2. The van der Waals surface area contributed by atoms with Gasteiger partial charge in [-0.15, -0.1) is 11.3 Å². The molecule has 11 nitrogen and oxygen atoms in total. The summed E-state index contributed by atoms with van der Waals surface area (Å²) in [5.41, 5.74) is 3.14. The Hall–Kier alpha value is -3.55. The zero-order valence-electron chi connectivity index (χ0n) is 20.4. The lowest BCUT2D eigenvalue weighted by atomic mass is 10.0. The number of amides is 1. The molecule has 1 fully saturated rings. The third kappa shape index (κ3) is 5.89. The number of ether oxygens (including phenoxy) is 1. The van der Waals surface area contributed by atoms with Crippen molar-refractivity contribution in [2.45, 2.75) is 25.8 Å². The molecule has 0 atom stereocenters. The van der Waals surface area contributed by atoms with Gasteiger partial charge in [0.15, 0.2) is 0 Å². The largest absolute Gasteiger partial charge is 0.480 e. The molecular weight excluding hydrogens is 514 g/mol. The van der Waals surface area contributed by atoms with Gasteiger partial charge in [-0.05, 0) is 49.7 Å². The van der Waals surface area contributed by atoms with Crippen molar-refractivity contribution in [1.82, 2.24) is 25.1 Å². The van der Waals surface area contributed by atoms with Crippen LogP contribution >= 0.6 is 11.3 Å². The lowest BCUT2D eigenvalue weighted by Gasteiger charge is -2.25. The summed E-state index contributed by atoms with van der Waals surface area (Å²) in [6.07, 6.45) is 7.94. The molecule has 5 rings (SSSR count). The quantitative estimate of drug-likeness (QED) is 0.307. The average molecular weight is 542 g/mol. The number of hydrogen-bond donors (Lipinski definition) is 3. The van der Waals surface area contributed by atoms with E-state index in [2.05, 4.69) is 35.1 Å². The number of rotatable bonds is 8. The molecule has 1 aliphatic heterocycles. The van der Waals surface area contributed by atoms with Crippen LogP contribution in [0.2, 0.25) is 0 Å². The summed E-state index contributed by atoms with van der Waals surface area (Å²) in [5.74, 6) is -0.165. The van der Waals surface area contributed by atoms with E-state index in [0.29, 0.717) is 28.0 Å². The number of aromatic amines is 1. The van der Waals surface area contributed by atoms with Crippen molar-refractivity contribution >= 4 is 49.5 Å². The maximum atomic E-state index is 13.1. The van der Waals surface area contributed by atoms with Crippen molar-refractivity contribution < 1.29 is 17.9 Å². The highest BCUT2D eigenvalue weighted by Gasteiger charge is 2.18. The van der Waals surface area contributed by atoms with Gasteiger partial charge in [0.05, 0.1) is 37.3 Å². The second-order valence-corrected chi connectivity index (χ2v) is 11.6. The number of thiazole rings is 1. The van der Waals surface area contributed by atoms with E-state index in [1.807, 2.05) is 6.07 Å². The van der Waals surface area contributed by atoms with Crippen molar-refractivity contribution in [1.29, 1.82) is 0 Å². The predicted molar refractivity (Wildman–Crippen MR) is 144 cm³/mol. The molecule has 3 N–H and O–H groups in total. The maximum Gasteiger partial charge on any atom is 0.275 e. The molecule has 1 aromatic carbocycles. The maximum absolute atomic E-state index is 13.1. The standard InChI is InChI=1S/C24H27N7O4S2/c1-35-24-20(30-37(2,33)34)10-16(11-25-24)15-8-18(17-12-26-29-19(17)9-15)28-23(32)21-14-36-22(27-21)13-31-6-4-3-5-7-31/h8-12,14,30H,3-7,13H2,1-2H3,(H,26,29)(H,28,32). The summed E-state index contributed by atoms with van der Waals surface area (Å²) in [6, 6.07) is 5.28. The Morgan fingerprint density at radius 1 is 1.14 bits per heavy atom. The average Bonchev–Trinajstić information content (AvgIpc) is 3.53. The summed E-state index contributed by atoms with van der Waals surface area (Å²) in [5, 5.41) is 13.4. The van der Waals surface area contributed by atoms with Crippen LogP contribution in [0.5, 0.6) is 5.88 Å². The van der Waals surface area contributed by atoms with E-state index in [1.54, 1.807) is 29.9 Å². The molecule has 1 amide bonds. The third-order valence-electron chi connectivity index (χ3n) is 6.07. The highest BCUT2D eigenvalue weighted by Crippen LogP contribution is 2.33. The fraction of sp³-hybridized carbons (Fsp3) is 0.333. The van der Waals surface area contributed by atoms with Crippen LogP contribution in [0.25, 0.3) is 22.0 Å². The molecule has 1 aliphatic rings. The predicted octanol–water partition coefficient (Wildman–Crippen LogP) is 3.70. The second-order valence-electron chi connectivity index (χ2n) is 8.93. The highest BCUT2D eigenvalue weighted by atomic mass is 32.2. The van der Waals surface area contributed by atoms with Gasteiger partial charge >= 0.3 is 0 Å². The number of nitrogens with zero attached hydrogens (tertiary/aromatic N) is 4. The molecule has 0 spiro atoms. The first-order chi connectivity index (χ1) is 17.8. The zero-order chi connectivity index (χ0) is 26.0. The number of benzene rings is 1. The Morgan fingerprint density at radius 3 is 2.68 bits per heavy atom. The van der Waals surface area contributed by atoms with Crippen LogP contribution in [0, 0.1) is 0 Å². The van der Waals surface area contributed by atoms with Gasteiger partial charge in [-0.2, -0.15) is 5.10 Å². The van der Waals surface area contributed by atoms with Crippen molar-refractivity contribution in [3.8, 4) is 17.0 Å².